The Morgan fingerprint density at radius 3 is 2.18 bits per heavy atom. The van der Waals surface area contributed by atoms with Gasteiger partial charge in [0.05, 0.1) is 5.69 Å². The van der Waals surface area contributed by atoms with Crippen molar-refractivity contribution in [2.24, 2.45) is 0 Å². The van der Waals surface area contributed by atoms with Crippen molar-refractivity contribution in [1.29, 1.82) is 0 Å². The van der Waals surface area contributed by atoms with Gasteiger partial charge in [-0.2, -0.15) is 5.10 Å². The van der Waals surface area contributed by atoms with Crippen LogP contribution in [-0.2, 0) is 6.42 Å². The zero-order chi connectivity index (χ0) is 12.4. The summed E-state index contributed by atoms with van der Waals surface area (Å²) in [6.45, 7) is 6.39. The second-order valence-corrected chi connectivity index (χ2v) is 4.79. The fraction of sp³-hybridized carbons (Fsp3) is 0.286. The van der Waals surface area contributed by atoms with Crippen LogP contribution in [0.5, 0.6) is 0 Å². The maximum absolute atomic E-state index is 5.72. The van der Waals surface area contributed by atoms with Crippen LogP contribution in [0.4, 0.5) is 0 Å². The smallest absolute Gasteiger partial charge is 0.151 e. The average Bonchev–Trinajstić information content (AvgIpc) is 2.26. The van der Waals surface area contributed by atoms with E-state index in [4.69, 9.17) is 11.6 Å². The van der Waals surface area contributed by atoms with E-state index in [2.05, 4.69) is 43.1 Å². The van der Waals surface area contributed by atoms with Crippen LogP contribution in [0.25, 0.3) is 0 Å². The van der Waals surface area contributed by atoms with Gasteiger partial charge in [-0.1, -0.05) is 29.3 Å². The third-order valence-corrected chi connectivity index (χ3v) is 3.09. The molecular formula is C14H15ClN2. The zero-order valence-corrected chi connectivity index (χ0v) is 11.0. The summed E-state index contributed by atoms with van der Waals surface area (Å²) in [4.78, 5) is 0. The van der Waals surface area contributed by atoms with Gasteiger partial charge in [-0.05, 0) is 49.6 Å². The van der Waals surface area contributed by atoms with Gasteiger partial charge in [0, 0.05) is 6.42 Å². The molecule has 0 unspecified atom stereocenters. The predicted octanol–water partition coefficient (Wildman–Crippen LogP) is 3.65. The van der Waals surface area contributed by atoms with Crippen molar-refractivity contribution in [3.8, 4) is 0 Å². The van der Waals surface area contributed by atoms with Gasteiger partial charge in [-0.3, -0.25) is 0 Å². The van der Waals surface area contributed by atoms with E-state index in [1.54, 1.807) is 6.07 Å². The molecule has 0 bridgehead atoms. The van der Waals surface area contributed by atoms with E-state index >= 15 is 0 Å². The number of benzene rings is 1. The van der Waals surface area contributed by atoms with Crippen molar-refractivity contribution in [3.05, 3.63) is 57.4 Å². The molecule has 0 N–H and O–H groups in total. The van der Waals surface area contributed by atoms with Crippen LogP contribution >= 0.6 is 11.6 Å². The molecule has 1 aromatic heterocycles. The van der Waals surface area contributed by atoms with Crippen LogP contribution in [0.3, 0.4) is 0 Å². The first-order valence-electron chi connectivity index (χ1n) is 5.61. The van der Waals surface area contributed by atoms with Gasteiger partial charge in [-0.15, -0.1) is 5.10 Å². The molecule has 0 fully saturated rings. The molecule has 0 aliphatic rings. The molecule has 2 nitrogen and oxygen atoms in total. The number of hydrogen-bond donors (Lipinski definition) is 0. The van der Waals surface area contributed by atoms with E-state index in [9.17, 15) is 0 Å². The van der Waals surface area contributed by atoms with E-state index in [0.717, 1.165) is 12.1 Å². The minimum atomic E-state index is 0.436. The summed E-state index contributed by atoms with van der Waals surface area (Å²) >= 11 is 5.72. The lowest BCUT2D eigenvalue weighted by Gasteiger charge is -2.10. The summed E-state index contributed by atoms with van der Waals surface area (Å²) < 4.78 is 0. The monoisotopic (exact) mass is 246 g/mol. The highest BCUT2D eigenvalue weighted by atomic mass is 35.5. The molecule has 2 aromatic rings. The van der Waals surface area contributed by atoms with Gasteiger partial charge in [0.1, 0.15) is 0 Å². The zero-order valence-electron chi connectivity index (χ0n) is 10.3. The highest BCUT2D eigenvalue weighted by molar-refractivity contribution is 6.29. The second-order valence-electron chi connectivity index (χ2n) is 4.40. The molecule has 0 amide bonds. The van der Waals surface area contributed by atoms with E-state index < -0.39 is 0 Å². The predicted molar refractivity (Wildman–Crippen MR) is 70.5 cm³/mol. The quantitative estimate of drug-likeness (QED) is 0.809. The molecule has 0 saturated heterocycles. The van der Waals surface area contributed by atoms with Crippen molar-refractivity contribution in [2.45, 2.75) is 27.2 Å². The first kappa shape index (κ1) is 12.1. The number of aryl methyl sites for hydroxylation is 3. The summed E-state index contributed by atoms with van der Waals surface area (Å²) in [5.41, 5.74) is 6.18. The van der Waals surface area contributed by atoms with Gasteiger partial charge in [0.25, 0.3) is 0 Å². The van der Waals surface area contributed by atoms with Gasteiger partial charge in [0.15, 0.2) is 5.15 Å². The van der Waals surface area contributed by atoms with Crippen molar-refractivity contribution in [2.75, 3.05) is 0 Å². The highest BCUT2D eigenvalue weighted by Crippen LogP contribution is 2.19. The first-order chi connectivity index (χ1) is 8.06. The Labute approximate surface area is 107 Å². The standard InChI is InChI=1S/C14H15ClN2/c1-9-6-10(2)13(11(3)7-9)8-12-4-5-14(15)17-16-12/h4-7H,8H2,1-3H3. The summed E-state index contributed by atoms with van der Waals surface area (Å²) in [6, 6.07) is 8.11. The van der Waals surface area contributed by atoms with Gasteiger partial charge in [0.2, 0.25) is 0 Å². The molecule has 0 aliphatic heterocycles. The Balaban J connectivity index is 2.33. The molecule has 17 heavy (non-hydrogen) atoms. The van der Waals surface area contributed by atoms with Crippen molar-refractivity contribution in [3.63, 3.8) is 0 Å². The largest absolute Gasteiger partial charge is 0.154 e. The van der Waals surface area contributed by atoms with Crippen LogP contribution in [0.15, 0.2) is 24.3 Å². The number of hydrogen-bond acceptors (Lipinski definition) is 2. The van der Waals surface area contributed by atoms with Gasteiger partial charge >= 0.3 is 0 Å². The molecule has 1 aromatic carbocycles. The van der Waals surface area contributed by atoms with Gasteiger partial charge < -0.3 is 0 Å². The van der Waals surface area contributed by atoms with Crippen LogP contribution in [0.1, 0.15) is 27.9 Å². The van der Waals surface area contributed by atoms with Crippen molar-refractivity contribution in [1.82, 2.24) is 10.2 Å². The molecule has 0 atom stereocenters. The number of rotatable bonds is 2. The van der Waals surface area contributed by atoms with Crippen molar-refractivity contribution < 1.29 is 0 Å². The average molecular weight is 247 g/mol. The maximum atomic E-state index is 5.72. The third-order valence-electron chi connectivity index (χ3n) is 2.89. The second kappa shape index (κ2) is 4.84. The lowest BCUT2D eigenvalue weighted by Crippen LogP contribution is -1.99. The molecule has 0 radical (unpaired) electrons. The number of aromatic nitrogens is 2. The van der Waals surface area contributed by atoms with E-state index in [1.165, 1.54) is 22.3 Å². The fourth-order valence-corrected chi connectivity index (χ4v) is 2.21. The topological polar surface area (TPSA) is 25.8 Å². The minimum Gasteiger partial charge on any atom is -0.154 e. The molecule has 0 aliphatic carbocycles. The molecule has 0 saturated carbocycles. The summed E-state index contributed by atoms with van der Waals surface area (Å²) in [6.07, 6.45) is 0.808. The van der Waals surface area contributed by atoms with Crippen molar-refractivity contribution >= 4 is 11.6 Å². The normalized spacial score (nSPS) is 10.6. The Morgan fingerprint density at radius 1 is 1.00 bits per heavy atom. The Hall–Kier alpha value is -1.41. The number of nitrogens with zero attached hydrogens (tertiary/aromatic N) is 2. The molecule has 2 rings (SSSR count). The Bertz CT molecular complexity index is 509. The van der Waals surface area contributed by atoms with Crippen LogP contribution in [-0.4, -0.2) is 10.2 Å². The van der Waals surface area contributed by atoms with Crippen LogP contribution < -0.4 is 0 Å². The molecule has 1 heterocycles. The van der Waals surface area contributed by atoms with E-state index in [1.807, 2.05) is 6.07 Å². The minimum absolute atomic E-state index is 0.436. The summed E-state index contributed by atoms with van der Waals surface area (Å²) in [7, 11) is 0. The lowest BCUT2D eigenvalue weighted by molar-refractivity contribution is 0.928. The van der Waals surface area contributed by atoms with Gasteiger partial charge in [-0.25, -0.2) is 0 Å². The SMILES string of the molecule is Cc1cc(C)c(Cc2ccc(Cl)nn2)c(C)c1. The first-order valence-corrected chi connectivity index (χ1v) is 5.99. The highest BCUT2D eigenvalue weighted by Gasteiger charge is 2.06. The molecular weight excluding hydrogens is 232 g/mol. The molecule has 0 spiro atoms. The lowest BCUT2D eigenvalue weighted by atomic mass is 9.96. The summed E-state index contributed by atoms with van der Waals surface area (Å²) in [5, 5.41) is 8.40. The summed E-state index contributed by atoms with van der Waals surface area (Å²) in [5.74, 6) is 0. The molecule has 88 valence electrons. The third kappa shape index (κ3) is 2.83. The fourth-order valence-electron chi connectivity index (χ4n) is 2.11. The van der Waals surface area contributed by atoms with E-state index in [0.29, 0.717) is 5.15 Å². The van der Waals surface area contributed by atoms with Crippen LogP contribution in [0, 0.1) is 20.8 Å². The Kier molecular flexibility index (Phi) is 3.43. The number of halogens is 1. The Morgan fingerprint density at radius 2 is 1.65 bits per heavy atom. The van der Waals surface area contributed by atoms with Crippen LogP contribution in [0.2, 0.25) is 5.15 Å². The maximum Gasteiger partial charge on any atom is 0.151 e. The van der Waals surface area contributed by atoms with E-state index in [-0.39, 0.29) is 0 Å². The molecule has 3 heteroatoms.